The molecule has 4 aliphatic carbocycles. The van der Waals surface area contributed by atoms with Gasteiger partial charge in [0.15, 0.2) is 0 Å². The van der Waals surface area contributed by atoms with Crippen molar-refractivity contribution in [2.45, 2.75) is 77.0 Å². The number of rotatable bonds is 5. The second kappa shape index (κ2) is 15.8. The minimum Gasteiger partial charge on any atom is -0.456 e. The van der Waals surface area contributed by atoms with Crippen LogP contribution in [0.4, 0.5) is 17.1 Å². The number of nitrogens with zero attached hydrogens (tertiary/aromatic N) is 1. The molecule has 2 aromatic heterocycles. The van der Waals surface area contributed by atoms with Crippen molar-refractivity contribution in [3.05, 3.63) is 257 Å². The summed E-state index contributed by atoms with van der Waals surface area (Å²) in [4.78, 5) is 2.54. The van der Waals surface area contributed by atoms with E-state index in [4.69, 9.17) is 8.83 Å². The fourth-order valence-corrected chi connectivity index (χ4v) is 15.6. The van der Waals surface area contributed by atoms with Crippen molar-refractivity contribution >= 4 is 60.9 Å². The van der Waals surface area contributed by atoms with Crippen molar-refractivity contribution in [2.75, 3.05) is 4.90 Å². The average molecular weight is 1040 g/mol. The Morgan fingerprint density at radius 3 is 1.07 bits per heavy atom. The predicted octanol–water partition coefficient (Wildman–Crippen LogP) is 21.5. The Morgan fingerprint density at radius 2 is 0.630 bits per heavy atom. The number of anilines is 3. The number of furan rings is 2. The Labute approximate surface area is 472 Å². The minimum atomic E-state index is -0.301. The van der Waals surface area contributed by atoms with Gasteiger partial charge in [0.2, 0.25) is 0 Å². The molecule has 2 heterocycles. The third-order valence-corrected chi connectivity index (χ3v) is 19.8. The molecule has 0 spiro atoms. The van der Waals surface area contributed by atoms with Gasteiger partial charge in [-0.05, 0) is 202 Å². The van der Waals surface area contributed by atoms with Crippen LogP contribution < -0.4 is 4.90 Å². The Balaban J connectivity index is 0.850. The van der Waals surface area contributed by atoms with Crippen LogP contribution in [0.25, 0.3) is 111 Å². The summed E-state index contributed by atoms with van der Waals surface area (Å²) in [6, 6.07) is 79.7. The molecule has 17 rings (SSSR count). The number of para-hydroxylation sites is 2. The predicted molar refractivity (Wildman–Crippen MR) is 337 cm³/mol. The molecule has 4 aliphatic rings. The summed E-state index contributed by atoms with van der Waals surface area (Å²) in [5.74, 6) is 0. The lowest BCUT2D eigenvalue weighted by atomic mass is 9.79. The van der Waals surface area contributed by atoms with E-state index in [1.807, 2.05) is 0 Å². The topological polar surface area (TPSA) is 29.5 Å². The van der Waals surface area contributed by atoms with Gasteiger partial charge in [0.1, 0.15) is 22.3 Å². The van der Waals surface area contributed by atoms with Gasteiger partial charge in [-0.3, -0.25) is 0 Å². The minimum absolute atomic E-state index is 0.195. The first-order valence-corrected chi connectivity index (χ1v) is 28.8. The second-order valence-electron chi connectivity index (χ2n) is 25.6. The molecule has 0 saturated carbocycles. The molecule has 3 heteroatoms. The van der Waals surface area contributed by atoms with E-state index in [2.05, 4.69) is 273 Å². The first kappa shape index (κ1) is 46.7. The summed E-state index contributed by atoms with van der Waals surface area (Å²) in [6.45, 7) is 19.3. The first-order valence-electron chi connectivity index (χ1n) is 28.8. The van der Waals surface area contributed by atoms with Gasteiger partial charge < -0.3 is 13.7 Å². The molecule has 0 bridgehead atoms. The fraction of sp³-hybridized carbons (Fsp3) is 0.154. The smallest absolute Gasteiger partial charge is 0.136 e. The molecule has 0 fully saturated rings. The second-order valence-corrected chi connectivity index (χ2v) is 25.6. The molecule has 3 nitrogen and oxygen atoms in total. The van der Waals surface area contributed by atoms with E-state index in [9.17, 15) is 0 Å². The zero-order valence-electron chi connectivity index (χ0n) is 47.0. The van der Waals surface area contributed by atoms with E-state index in [1.165, 1.54) is 133 Å². The van der Waals surface area contributed by atoms with E-state index in [-0.39, 0.29) is 21.7 Å². The van der Waals surface area contributed by atoms with Crippen molar-refractivity contribution < 1.29 is 8.83 Å². The number of fused-ring (bicyclic) bond motifs is 20. The average Bonchev–Trinajstić information content (AvgIpc) is 4.20. The van der Waals surface area contributed by atoms with E-state index in [1.54, 1.807) is 0 Å². The zero-order chi connectivity index (χ0) is 54.6. The van der Waals surface area contributed by atoms with Gasteiger partial charge >= 0.3 is 0 Å². The molecule has 388 valence electrons. The van der Waals surface area contributed by atoms with Gasteiger partial charge in [0, 0.05) is 60.3 Å². The fourth-order valence-electron chi connectivity index (χ4n) is 15.6. The van der Waals surface area contributed by atoms with E-state index >= 15 is 0 Å². The standard InChI is InChI=1S/C78H59NO2/c1-75(2)59-31-33-69-73(53-23-15-17-25-67(53)80-69)71(59)57-42-63-55(40-65(57)75)51-29-27-48(38-61(51)77(63,5)6)79(50-36-46(44-19-11-9-12-20-44)35-47(37-50)45-21-13-10-14-22-45)49-28-30-52-56-41-66-58(43-64(56)78(7,8)62(52)39-49)72-60(76(66,3)4)32-34-70-74(72)54-24-16-18-26-68(54)81-70/h9-43H,1-8H3. The highest BCUT2D eigenvalue weighted by Gasteiger charge is 2.45. The van der Waals surface area contributed by atoms with Crippen LogP contribution in [0.15, 0.2) is 221 Å². The number of benzene rings is 11. The molecule has 81 heavy (non-hydrogen) atoms. The zero-order valence-corrected chi connectivity index (χ0v) is 47.0. The molecular weight excluding hydrogens is 983 g/mol. The highest BCUT2D eigenvalue weighted by molar-refractivity contribution is 6.17. The van der Waals surface area contributed by atoms with Crippen LogP contribution in [-0.2, 0) is 21.7 Å². The third-order valence-electron chi connectivity index (χ3n) is 19.8. The van der Waals surface area contributed by atoms with Crippen molar-refractivity contribution in [1.29, 1.82) is 0 Å². The summed E-state index contributed by atoms with van der Waals surface area (Å²) in [5.41, 5.74) is 32.3. The van der Waals surface area contributed by atoms with Crippen LogP contribution in [0.2, 0.25) is 0 Å². The van der Waals surface area contributed by atoms with Crippen LogP contribution in [0.3, 0.4) is 0 Å². The summed E-state index contributed by atoms with van der Waals surface area (Å²) >= 11 is 0. The van der Waals surface area contributed by atoms with Gasteiger partial charge in [-0.2, -0.15) is 0 Å². The van der Waals surface area contributed by atoms with Crippen LogP contribution in [0.5, 0.6) is 0 Å². The van der Waals surface area contributed by atoms with Crippen LogP contribution in [0, 0.1) is 0 Å². The highest BCUT2D eigenvalue weighted by atomic mass is 16.3. The number of hydrogen-bond acceptors (Lipinski definition) is 3. The van der Waals surface area contributed by atoms with E-state index < -0.39 is 0 Å². The quantitative estimate of drug-likeness (QED) is 0.172. The summed E-state index contributed by atoms with van der Waals surface area (Å²) in [6.07, 6.45) is 0. The molecule has 0 atom stereocenters. The van der Waals surface area contributed by atoms with Crippen LogP contribution in [0.1, 0.15) is 99.9 Å². The van der Waals surface area contributed by atoms with Crippen molar-refractivity contribution in [1.82, 2.24) is 0 Å². The van der Waals surface area contributed by atoms with Crippen molar-refractivity contribution in [3.63, 3.8) is 0 Å². The third kappa shape index (κ3) is 6.19. The lowest BCUT2D eigenvalue weighted by Gasteiger charge is -2.30. The molecule has 0 N–H and O–H groups in total. The van der Waals surface area contributed by atoms with Gasteiger partial charge in [-0.25, -0.2) is 0 Å². The van der Waals surface area contributed by atoms with Gasteiger partial charge in [0.05, 0.1) is 0 Å². The molecule has 13 aromatic rings. The molecule has 0 aliphatic heterocycles. The Bertz CT molecular complexity index is 4620. The maximum absolute atomic E-state index is 6.52. The monoisotopic (exact) mass is 1040 g/mol. The maximum atomic E-state index is 6.52. The lowest BCUT2D eigenvalue weighted by Crippen LogP contribution is -2.18. The molecular formula is C78H59NO2. The van der Waals surface area contributed by atoms with E-state index in [0.717, 1.165) is 39.4 Å². The Hall–Kier alpha value is -9.18. The van der Waals surface area contributed by atoms with Gasteiger partial charge in [0.25, 0.3) is 0 Å². The largest absolute Gasteiger partial charge is 0.456 e. The van der Waals surface area contributed by atoms with E-state index in [0.29, 0.717) is 0 Å². The van der Waals surface area contributed by atoms with Crippen molar-refractivity contribution in [2.24, 2.45) is 0 Å². The van der Waals surface area contributed by atoms with Crippen LogP contribution in [-0.4, -0.2) is 0 Å². The molecule has 0 saturated heterocycles. The molecule has 0 amide bonds. The molecule has 0 unspecified atom stereocenters. The van der Waals surface area contributed by atoms with Gasteiger partial charge in [-0.1, -0.05) is 177 Å². The summed E-state index contributed by atoms with van der Waals surface area (Å²) in [7, 11) is 0. The Morgan fingerprint density at radius 1 is 0.259 bits per heavy atom. The SMILES string of the molecule is CC1(C)c2cc(N(c3cc(-c4ccccc4)cc(-c4ccccc4)c3)c3ccc4c(c3)C(C)(C)c3cc5c(cc3-4)C(C)(C)c3ccc4oc6ccccc6c4c3-5)ccc2-c2cc3c(cc21)-c1c(ccc2oc4ccccc4c12)C3(C)C. The van der Waals surface area contributed by atoms with Crippen molar-refractivity contribution in [3.8, 4) is 66.8 Å². The molecule has 11 aromatic carbocycles. The van der Waals surface area contributed by atoms with Gasteiger partial charge in [-0.15, -0.1) is 0 Å². The number of hydrogen-bond donors (Lipinski definition) is 0. The maximum Gasteiger partial charge on any atom is 0.136 e. The normalized spacial score (nSPS) is 15.8. The lowest BCUT2D eigenvalue weighted by molar-refractivity contribution is 0.650. The first-order chi connectivity index (χ1) is 39.2. The summed E-state index contributed by atoms with van der Waals surface area (Å²) in [5, 5.41) is 4.79. The summed E-state index contributed by atoms with van der Waals surface area (Å²) < 4.78 is 13.0. The Kier molecular flexibility index (Phi) is 9.11. The van der Waals surface area contributed by atoms with Crippen LogP contribution >= 0.6 is 0 Å². The highest BCUT2D eigenvalue weighted by Crippen LogP contribution is 2.61. The molecule has 0 radical (unpaired) electrons.